The molecule has 2 N–H and O–H groups in total. The van der Waals surface area contributed by atoms with Gasteiger partial charge in [0.1, 0.15) is 0 Å². The SMILES string of the molecule is O=C(NCC1(c2ccccc2)CCC1)Nc1cccnc1N1CCCC1. The number of pyridine rings is 1. The number of nitrogens with one attached hydrogen (secondary N) is 2. The van der Waals surface area contributed by atoms with E-state index in [9.17, 15) is 4.79 Å². The normalized spacial score (nSPS) is 18.2. The van der Waals surface area contributed by atoms with Gasteiger partial charge in [-0.15, -0.1) is 0 Å². The highest BCUT2D eigenvalue weighted by molar-refractivity contribution is 5.92. The van der Waals surface area contributed by atoms with Crippen LogP contribution in [0.2, 0.25) is 0 Å². The Morgan fingerprint density at radius 1 is 1.04 bits per heavy atom. The molecule has 0 atom stereocenters. The fourth-order valence-corrected chi connectivity index (χ4v) is 4.05. The Kier molecular flexibility index (Phi) is 4.78. The molecule has 4 rings (SSSR count). The number of nitrogens with zero attached hydrogens (tertiary/aromatic N) is 2. The van der Waals surface area contributed by atoms with Crippen molar-refractivity contribution in [3.8, 4) is 0 Å². The fraction of sp³-hybridized carbons (Fsp3) is 0.429. The van der Waals surface area contributed by atoms with Crippen LogP contribution in [0.1, 0.15) is 37.7 Å². The van der Waals surface area contributed by atoms with Crippen LogP contribution in [0.25, 0.3) is 0 Å². The molecule has 1 saturated carbocycles. The second-order valence-electron chi connectivity index (χ2n) is 7.38. The van der Waals surface area contributed by atoms with Crippen molar-refractivity contribution in [3.63, 3.8) is 0 Å². The summed E-state index contributed by atoms with van der Waals surface area (Å²) in [4.78, 5) is 19.3. The van der Waals surface area contributed by atoms with E-state index in [4.69, 9.17) is 0 Å². The summed E-state index contributed by atoms with van der Waals surface area (Å²) in [6.07, 6.45) is 7.63. The van der Waals surface area contributed by atoms with E-state index in [1.807, 2.05) is 18.2 Å². The molecule has 1 saturated heterocycles. The van der Waals surface area contributed by atoms with Crippen LogP contribution < -0.4 is 15.5 Å². The third-order valence-electron chi connectivity index (χ3n) is 5.72. The molecular weight excluding hydrogens is 324 g/mol. The van der Waals surface area contributed by atoms with E-state index >= 15 is 0 Å². The van der Waals surface area contributed by atoms with Crippen molar-refractivity contribution in [1.82, 2.24) is 10.3 Å². The van der Waals surface area contributed by atoms with E-state index in [2.05, 4.69) is 44.8 Å². The van der Waals surface area contributed by atoms with Crippen LogP contribution in [0.4, 0.5) is 16.3 Å². The minimum atomic E-state index is -0.152. The summed E-state index contributed by atoms with van der Waals surface area (Å²) in [7, 11) is 0. The predicted molar refractivity (Wildman–Crippen MR) is 105 cm³/mol. The van der Waals surface area contributed by atoms with Crippen LogP contribution in [0, 0.1) is 0 Å². The summed E-state index contributed by atoms with van der Waals surface area (Å²) < 4.78 is 0. The lowest BCUT2D eigenvalue weighted by Gasteiger charge is -2.42. The zero-order valence-corrected chi connectivity index (χ0v) is 15.1. The van der Waals surface area contributed by atoms with Gasteiger partial charge in [0, 0.05) is 31.2 Å². The van der Waals surface area contributed by atoms with Crippen molar-refractivity contribution in [1.29, 1.82) is 0 Å². The largest absolute Gasteiger partial charge is 0.355 e. The number of hydrogen-bond donors (Lipinski definition) is 2. The Morgan fingerprint density at radius 2 is 1.81 bits per heavy atom. The Balaban J connectivity index is 1.40. The van der Waals surface area contributed by atoms with Gasteiger partial charge in [-0.25, -0.2) is 9.78 Å². The number of rotatable bonds is 5. The lowest BCUT2D eigenvalue weighted by Crippen LogP contribution is -2.46. The number of benzene rings is 1. The first-order valence-corrected chi connectivity index (χ1v) is 9.57. The second-order valence-corrected chi connectivity index (χ2v) is 7.38. The van der Waals surface area contributed by atoms with Crippen molar-refractivity contribution in [2.75, 3.05) is 29.9 Å². The van der Waals surface area contributed by atoms with E-state index < -0.39 is 0 Å². The Hall–Kier alpha value is -2.56. The molecule has 0 spiro atoms. The van der Waals surface area contributed by atoms with Crippen LogP contribution in [0.3, 0.4) is 0 Å². The van der Waals surface area contributed by atoms with Gasteiger partial charge in [-0.2, -0.15) is 0 Å². The van der Waals surface area contributed by atoms with Crippen LogP contribution >= 0.6 is 0 Å². The van der Waals surface area contributed by atoms with E-state index in [0.29, 0.717) is 6.54 Å². The summed E-state index contributed by atoms with van der Waals surface area (Å²) >= 11 is 0. The molecule has 0 radical (unpaired) electrons. The molecule has 1 aliphatic carbocycles. The highest BCUT2D eigenvalue weighted by Crippen LogP contribution is 2.43. The van der Waals surface area contributed by atoms with Crippen molar-refractivity contribution in [2.24, 2.45) is 0 Å². The van der Waals surface area contributed by atoms with E-state index in [0.717, 1.165) is 37.4 Å². The Bertz CT molecular complexity index is 752. The Morgan fingerprint density at radius 3 is 2.50 bits per heavy atom. The first-order valence-electron chi connectivity index (χ1n) is 9.57. The third kappa shape index (κ3) is 3.39. The van der Waals surface area contributed by atoms with Gasteiger partial charge >= 0.3 is 6.03 Å². The molecule has 2 heterocycles. The molecule has 2 fully saturated rings. The number of carbonyl (C=O) groups is 1. The average molecular weight is 350 g/mol. The number of anilines is 2. The summed E-state index contributed by atoms with van der Waals surface area (Å²) in [5, 5.41) is 6.10. The highest BCUT2D eigenvalue weighted by atomic mass is 16.2. The van der Waals surface area contributed by atoms with Crippen molar-refractivity contribution in [3.05, 3.63) is 54.2 Å². The minimum Gasteiger partial charge on any atom is -0.355 e. The molecule has 26 heavy (non-hydrogen) atoms. The second kappa shape index (κ2) is 7.36. The Labute approximate surface area is 154 Å². The number of urea groups is 1. The number of amides is 2. The fourth-order valence-electron chi connectivity index (χ4n) is 4.05. The molecule has 0 bridgehead atoms. The van der Waals surface area contributed by atoms with Gasteiger partial charge in [0.15, 0.2) is 5.82 Å². The minimum absolute atomic E-state index is 0.0886. The first kappa shape index (κ1) is 16.9. The molecule has 5 nitrogen and oxygen atoms in total. The first-order chi connectivity index (χ1) is 12.8. The zero-order chi connectivity index (χ0) is 17.8. The van der Waals surface area contributed by atoms with E-state index in [1.54, 1.807) is 6.20 Å². The maximum Gasteiger partial charge on any atom is 0.319 e. The van der Waals surface area contributed by atoms with Gasteiger partial charge in [0.05, 0.1) is 5.69 Å². The zero-order valence-electron chi connectivity index (χ0n) is 15.1. The van der Waals surface area contributed by atoms with E-state index in [-0.39, 0.29) is 11.4 Å². The van der Waals surface area contributed by atoms with Crippen LogP contribution in [0.5, 0.6) is 0 Å². The lowest BCUT2D eigenvalue weighted by molar-refractivity contribution is 0.222. The smallest absolute Gasteiger partial charge is 0.319 e. The van der Waals surface area contributed by atoms with Gasteiger partial charge in [-0.05, 0) is 43.4 Å². The summed E-state index contributed by atoms with van der Waals surface area (Å²) in [6, 6.07) is 14.2. The predicted octanol–water partition coefficient (Wildman–Crippen LogP) is 3.93. The van der Waals surface area contributed by atoms with Crippen molar-refractivity contribution >= 4 is 17.5 Å². The highest BCUT2D eigenvalue weighted by Gasteiger charge is 2.38. The van der Waals surface area contributed by atoms with Crippen LogP contribution in [-0.2, 0) is 5.41 Å². The summed E-state index contributed by atoms with van der Waals surface area (Å²) in [5.41, 5.74) is 2.20. The molecule has 1 aliphatic heterocycles. The quantitative estimate of drug-likeness (QED) is 0.859. The van der Waals surface area contributed by atoms with E-state index in [1.165, 1.54) is 24.8 Å². The standard InChI is InChI=1S/C21H26N4O/c26-20(23-16-21(11-7-12-21)17-8-2-1-3-9-17)24-18-10-6-13-22-19(18)25-14-4-5-15-25/h1-3,6,8-10,13H,4-5,7,11-12,14-16H2,(H2,23,24,26). The van der Waals surface area contributed by atoms with Gasteiger partial charge in [0.25, 0.3) is 0 Å². The molecule has 2 amide bonds. The van der Waals surface area contributed by atoms with Crippen LogP contribution in [0.15, 0.2) is 48.7 Å². The number of aromatic nitrogens is 1. The van der Waals surface area contributed by atoms with Gasteiger partial charge in [0.2, 0.25) is 0 Å². The van der Waals surface area contributed by atoms with Crippen molar-refractivity contribution < 1.29 is 4.79 Å². The average Bonchev–Trinajstić information content (AvgIpc) is 3.17. The summed E-state index contributed by atoms with van der Waals surface area (Å²) in [6.45, 7) is 2.68. The molecule has 2 aliphatic rings. The molecule has 0 unspecified atom stereocenters. The van der Waals surface area contributed by atoms with Gasteiger partial charge in [-0.1, -0.05) is 36.8 Å². The molecule has 1 aromatic carbocycles. The molecule has 5 heteroatoms. The third-order valence-corrected chi connectivity index (χ3v) is 5.72. The number of hydrogen-bond acceptors (Lipinski definition) is 3. The van der Waals surface area contributed by atoms with Gasteiger partial charge in [-0.3, -0.25) is 0 Å². The molecule has 1 aromatic heterocycles. The maximum atomic E-state index is 12.5. The lowest BCUT2D eigenvalue weighted by atomic mass is 9.64. The topological polar surface area (TPSA) is 57.3 Å². The van der Waals surface area contributed by atoms with Gasteiger partial charge < -0.3 is 15.5 Å². The van der Waals surface area contributed by atoms with Crippen molar-refractivity contribution in [2.45, 2.75) is 37.5 Å². The maximum absolute atomic E-state index is 12.5. The molecule has 2 aromatic rings. The molecule has 136 valence electrons. The number of carbonyl (C=O) groups excluding carboxylic acids is 1. The monoisotopic (exact) mass is 350 g/mol. The summed E-state index contributed by atoms with van der Waals surface area (Å²) in [5.74, 6) is 0.876. The molecular formula is C21H26N4O. The van der Waals surface area contributed by atoms with Crippen LogP contribution in [-0.4, -0.2) is 30.6 Å².